The molecule has 0 aromatic heterocycles. The van der Waals surface area contributed by atoms with E-state index in [1.165, 1.54) is 6.20 Å². The van der Waals surface area contributed by atoms with Gasteiger partial charge in [0.2, 0.25) is 0 Å². The number of nitrogens with one attached hydrogen (secondary N) is 2. The molecule has 5 nitrogen and oxygen atoms in total. The summed E-state index contributed by atoms with van der Waals surface area (Å²) < 4.78 is 0. The third kappa shape index (κ3) is 2.94. The van der Waals surface area contributed by atoms with Gasteiger partial charge in [0, 0.05) is 6.20 Å². The van der Waals surface area contributed by atoms with Crippen molar-refractivity contribution in [2.24, 2.45) is 4.99 Å². The lowest BCUT2D eigenvalue weighted by Crippen LogP contribution is -2.51. The molecule has 0 aliphatic carbocycles. The van der Waals surface area contributed by atoms with E-state index in [-0.39, 0.29) is 0 Å². The van der Waals surface area contributed by atoms with Gasteiger partial charge in [0.05, 0.1) is 0 Å². The Morgan fingerprint density at radius 2 is 1.22 bits per heavy atom. The predicted octanol–water partition coefficient (Wildman–Crippen LogP) is 3.71. The van der Waals surface area contributed by atoms with Crippen molar-refractivity contribution in [1.29, 1.82) is 0 Å². The average molecular weight is 355 g/mol. The molecule has 0 saturated carbocycles. The molecular formula is C22H19N4O-. The van der Waals surface area contributed by atoms with E-state index in [1.807, 2.05) is 59.6 Å². The van der Waals surface area contributed by atoms with E-state index < -0.39 is 5.54 Å². The lowest BCUT2D eigenvalue weighted by atomic mass is 9.76. The van der Waals surface area contributed by atoms with Crippen LogP contribution in [0.15, 0.2) is 108 Å². The van der Waals surface area contributed by atoms with Crippen LogP contribution in [0.2, 0.25) is 0 Å². The molecule has 1 aliphatic rings. The normalized spacial score (nSPS) is 15.0. The zero-order chi connectivity index (χ0) is 18.5. The maximum absolute atomic E-state index is 10.8. The van der Waals surface area contributed by atoms with Crippen LogP contribution < -0.4 is 10.9 Å². The summed E-state index contributed by atoms with van der Waals surface area (Å²) in [6.07, 6.45) is 3.01. The molecule has 27 heavy (non-hydrogen) atoms. The van der Waals surface area contributed by atoms with Gasteiger partial charge in [-0.3, -0.25) is 10.4 Å². The maximum atomic E-state index is 10.8. The third-order valence-electron chi connectivity index (χ3n) is 4.68. The van der Waals surface area contributed by atoms with E-state index in [2.05, 4.69) is 46.8 Å². The number of benzene rings is 3. The summed E-state index contributed by atoms with van der Waals surface area (Å²) >= 11 is 0. The standard InChI is InChI=1S/C22H19N4O/c27-24-16-21-23-17-26(25-21)22(18-10-4-1-5-11-18,19-12-6-2-7-13-19)20-14-8-3-9-15-20/h1-17,24-25H/q-1. The minimum absolute atomic E-state index is 0.456. The number of hydroxylamine groups is 1. The molecule has 0 radical (unpaired) electrons. The van der Waals surface area contributed by atoms with Crippen LogP contribution in [-0.2, 0) is 5.54 Å². The summed E-state index contributed by atoms with van der Waals surface area (Å²) in [7, 11) is 0. The van der Waals surface area contributed by atoms with Crippen LogP contribution in [0.1, 0.15) is 16.7 Å². The highest BCUT2D eigenvalue weighted by Crippen LogP contribution is 2.41. The van der Waals surface area contributed by atoms with Crippen molar-refractivity contribution >= 4 is 6.34 Å². The van der Waals surface area contributed by atoms with Gasteiger partial charge < -0.3 is 10.7 Å². The van der Waals surface area contributed by atoms with Gasteiger partial charge in [0.15, 0.2) is 5.82 Å². The summed E-state index contributed by atoms with van der Waals surface area (Å²) in [6.45, 7) is 0. The minimum atomic E-state index is -0.661. The molecule has 0 spiro atoms. The highest BCUT2D eigenvalue weighted by molar-refractivity contribution is 5.66. The zero-order valence-electron chi connectivity index (χ0n) is 14.6. The van der Waals surface area contributed by atoms with E-state index in [0.717, 1.165) is 16.7 Å². The second kappa shape index (κ2) is 7.35. The first kappa shape index (κ1) is 16.9. The molecule has 0 fully saturated rings. The second-order valence-corrected chi connectivity index (χ2v) is 6.18. The van der Waals surface area contributed by atoms with E-state index in [1.54, 1.807) is 11.8 Å². The van der Waals surface area contributed by atoms with Gasteiger partial charge in [0.25, 0.3) is 0 Å². The topological polar surface area (TPSA) is 62.7 Å². The Bertz CT molecular complexity index is 843. The largest absolute Gasteiger partial charge is 0.761 e. The van der Waals surface area contributed by atoms with Crippen molar-refractivity contribution in [3.8, 4) is 0 Å². The Balaban J connectivity index is 1.99. The lowest BCUT2D eigenvalue weighted by Gasteiger charge is -2.42. The molecule has 0 amide bonds. The Hall–Kier alpha value is -3.57. The Labute approximate surface area is 158 Å². The zero-order valence-corrected chi connectivity index (χ0v) is 14.6. The van der Waals surface area contributed by atoms with Crippen molar-refractivity contribution < 1.29 is 0 Å². The number of aliphatic imine (C=N–C) groups is 1. The molecule has 4 rings (SSSR count). The van der Waals surface area contributed by atoms with Gasteiger partial charge in [0.1, 0.15) is 11.9 Å². The van der Waals surface area contributed by atoms with Crippen molar-refractivity contribution in [2.45, 2.75) is 5.54 Å². The predicted molar refractivity (Wildman–Crippen MR) is 107 cm³/mol. The summed E-state index contributed by atoms with van der Waals surface area (Å²) in [5.74, 6) is 0.456. The van der Waals surface area contributed by atoms with E-state index in [4.69, 9.17) is 0 Å². The maximum Gasteiger partial charge on any atom is 0.161 e. The van der Waals surface area contributed by atoms with Gasteiger partial charge >= 0.3 is 0 Å². The van der Waals surface area contributed by atoms with Crippen LogP contribution in [0.25, 0.3) is 0 Å². The molecule has 2 N–H and O–H groups in total. The van der Waals surface area contributed by atoms with Gasteiger partial charge in [-0.25, -0.2) is 4.99 Å². The molecule has 0 saturated heterocycles. The third-order valence-corrected chi connectivity index (χ3v) is 4.68. The molecule has 0 bridgehead atoms. The fraction of sp³-hybridized carbons (Fsp3) is 0.0455. The Kier molecular flexibility index (Phi) is 4.60. The number of hydrogen-bond donors (Lipinski definition) is 2. The second-order valence-electron chi connectivity index (χ2n) is 6.18. The van der Waals surface area contributed by atoms with E-state index >= 15 is 0 Å². The van der Waals surface area contributed by atoms with E-state index in [0.29, 0.717) is 5.82 Å². The number of hydrazine groups is 1. The minimum Gasteiger partial charge on any atom is -0.761 e. The Morgan fingerprint density at radius 1 is 0.778 bits per heavy atom. The van der Waals surface area contributed by atoms with Crippen molar-refractivity contribution in [1.82, 2.24) is 15.9 Å². The molecule has 134 valence electrons. The van der Waals surface area contributed by atoms with Crippen molar-refractivity contribution in [3.05, 3.63) is 125 Å². The molecule has 0 atom stereocenters. The first-order valence-electron chi connectivity index (χ1n) is 8.70. The van der Waals surface area contributed by atoms with Gasteiger partial charge in [-0.1, -0.05) is 91.0 Å². The average Bonchev–Trinajstić information content (AvgIpc) is 3.20. The molecule has 5 heteroatoms. The van der Waals surface area contributed by atoms with Crippen LogP contribution in [-0.4, -0.2) is 11.3 Å². The SMILES string of the molecule is [O-]NC=C1N=CN(C(c2ccccc2)(c2ccccc2)c2ccccc2)N1. The first-order chi connectivity index (χ1) is 13.4. The summed E-state index contributed by atoms with van der Waals surface area (Å²) in [6, 6.07) is 30.8. The summed E-state index contributed by atoms with van der Waals surface area (Å²) in [5, 5.41) is 12.7. The number of nitrogens with zero attached hydrogens (tertiary/aromatic N) is 2. The first-order valence-corrected chi connectivity index (χ1v) is 8.70. The number of rotatable bonds is 5. The van der Waals surface area contributed by atoms with Gasteiger partial charge in [-0.2, -0.15) is 0 Å². The molecule has 1 aliphatic heterocycles. The monoisotopic (exact) mass is 355 g/mol. The fourth-order valence-electron chi connectivity index (χ4n) is 3.55. The molecular weight excluding hydrogens is 336 g/mol. The number of hydrogen-bond acceptors (Lipinski definition) is 5. The van der Waals surface area contributed by atoms with Crippen molar-refractivity contribution in [2.75, 3.05) is 0 Å². The summed E-state index contributed by atoms with van der Waals surface area (Å²) in [5.41, 5.74) is 7.61. The van der Waals surface area contributed by atoms with Crippen LogP contribution in [0.5, 0.6) is 0 Å². The molecule has 1 heterocycles. The van der Waals surface area contributed by atoms with Gasteiger partial charge in [-0.05, 0) is 16.7 Å². The molecule has 3 aromatic rings. The van der Waals surface area contributed by atoms with Crippen LogP contribution >= 0.6 is 0 Å². The highest BCUT2D eigenvalue weighted by atomic mass is 16.5. The highest BCUT2D eigenvalue weighted by Gasteiger charge is 2.43. The van der Waals surface area contributed by atoms with Crippen LogP contribution in [0.3, 0.4) is 0 Å². The van der Waals surface area contributed by atoms with Crippen LogP contribution in [0, 0.1) is 5.21 Å². The molecule has 3 aromatic carbocycles. The van der Waals surface area contributed by atoms with E-state index in [9.17, 15) is 5.21 Å². The van der Waals surface area contributed by atoms with Crippen molar-refractivity contribution in [3.63, 3.8) is 0 Å². The van der Waals surface area contributed by atoms with Crippen LogP contribution in [0.4, 0.5) is 0 Å². The molecule has 0 unspecified atom stereocenters. The lowest BCUT2D eigenvalue weighted by molar-refractivity contribution is 0.231. The summed E-state index contributed by atoms with van der Waals surface area (Å²) in [4.78, 5) is 4.34. The quantitative estimate of drug-likeness (QED) is 0.541. The van der Waals surface area contributed by atoms with Gasteiger partial charge in [-0.15, -0.1) is 0 Å². The fourth-order valence-corrected chi connectivity index (χ4v) is 3.55. The smallest absolute Gasteiger partial charge is 0.161 e. The Morgan fingerprint density at radius 3 is 1.63 bits per heavy atom.